The lowest BCUT2D eigenvalue weighted by Crippen LogP contribution is -2.54. The van der Waals surface area contributed by atoms with Crippen molar-refractivity contribution in [1.82, 2.24) is 20.5 Å². The Morgan fingerprint density at radius 3 is 2.45 bits per heavy atom. The SMILES string of the molecule is CCNC(=NCc1nc(C)c(C)o1)NCC1C(C)OC(C)(C)N1C(=O)OC(C)(C)C.I. The molecule has 2 atom stereocenters. The Balaban J connectivity index is 0.00000480. The Morgan fingerprint density at radius 1 is 1.29 bits per heavy atom. The van der Waals surface area contributed by atoms with Crippen molar-refractivity contribution >= 4 is 36.0 Å². The number of rotatable bonds is 5. The number of nitrogens with one attached hydrogen (secondary N) is 2. The highest BCUT2D eigenvalue weighted by Gasteiger charge is 2.49. The number of guanidine groups is 1. The van der Waals surface area contributed by atoms with Gasteiger partial charge < -0.3 is 24.5 Å². The van der Waals surface area contributed by atoms with Gasteiger partial charge in [0.05, 0.1) is 17.8 Å². The van der Waals surface area contributed by atoms with Crippen LogP contribution < -0.4 is 10.6 Å². The maximum absolute atomic E-state index is 12.9. The Bertz CT molecular complexity index is 753. The Hall–Kier alpha value is -1.56. The number of carbonyl (C=O) groups is 1. The molecule has 0 saturated carbocycles. The first-order valence-corrected chi connectivity index (χ1v) is 10.5. The lowest BCUT2D eigenvalue weighted by atomic mass is 10.1. The number of aliphatic imine (C=N–C) groups is 1. The van der Waals surface area contributed by atoms with Crippen LogP contribution in [0.1, 0.15) is 65.8 Å². The number of aromatic nitrogens is 1. The summed E-state index contributed by atoms with van der Waals surface area (Å²) in [7, 11) is 0. The minimum absolute atomic E-state index is 0. The van der Waals surface area contributed by atoms with Gasteiger partial charge in [0.25, 0.3) is 0 Å². The van der Waals surface area contributed by atoms with Crippen LogP contribution in [0.5, 0.6) is 0 Å². The van der Waals surface area contributed by atoms with Crippen LogP contribution in [0.4, 0.5) is 4.79 Å². The highest BCUT2D eigenvalue weighted by atomic mass is 127. The van der Waals surface area contributed by atoms with Crippen LogP contribution >= 0.6 is 24.0 Å². The fraction of sp³-hybridized carbons (Fsp3) is 0.762. The van der Waals surface area contributed by atoms with Crippen LogP contribution in [0.15, 0.2) is 9.41 Å². The smallest absolute Gasteiger partial charge is 0.412 e. The van der Waals surface area contributed by atoms with Crippen molar-refractivity contribution in [3.8, 4) is 0 Å². The molecule has 0 aromatic carbocycles. The summed E-state index contributed by atoms with van der Waals surface area (Å²) in [6, 6.07) is -0.218. The van der Waals surface area contributed by atoms with Crippen LogP contribution in [0.2, 0.25) is 0 Å². The Labute approximate surface area is 202 Å². The van der Waals surface area contributed by atoms with Crippen LogP contribution in [0.25, 0.3) is 0 Å². The van der Waals surface area contributed by atoms with E-state index in [1.165, 1.54) is 0 Å². The van der Waals surface area contributed by atoms with Crippen molar-refractivity contribution in [3.05, 3.63) is 17.3 Å². The van der Waals surface area contributed by atoms with Gasteiger partial charge in [-0.2, -0.15) is 0 Å². The van der Waals surface area contributed by atoms with Crippen molar-refractivity contribution < 1.29 is 18.7 Å². The van der Waals surface area contributed by atoms with Gasteiger partial charge in [-0.05, 0) is 62.3 Å². The summed E-state index contributed by atoms with van der Waals surface area (Å²) >= 11 is 0. The van der Waals surface area contributed by atoms with Crippen LogP contribution in [0.3, 0.4) is 0 Å². The molecule has 2 N–H and O–H groups in total. The highest BCUT2D eigenvalue weighted by Crippen LogP contribution is 2.33. The maximum Gasteiger partial charge on any atom is 0.412 e. The molecule has 1 aliphatic heterocycles. The van der Waals surface area contributed by atoms with E-state index in [-0.39, 0.29) is 36.1 Å². The molecule has 31 heavy (non-hydrogen) atoms. The number of nitrogens with zero attached hydrogens (tertiary/aromatic N) is 3. The predicted molar refractivity (Wildman–Crippen MR) is 131 cm³/mol. The molecule has 1 aliphatic rings. The molecule has 10 heteroatoms. The van der Waals surface area contributed by atoms with E-state index in [4.69, 9.17) is 13.9 Å². The molecule has 0 bridgehead atoms. The molecule has 1 aromatic rings. The number of aryl methyl sites for hydroxylation is 2. The molecule has 2 unspecified atom stereocenters. The zero-order chi connectivity index (χ0) is 22.7. The normalized spacial score (nSPS) is 20.9. The number of oxazole rings is 1. The van der Waals surface area contributed by atoms with Gasteiger partial charge in [0, 0.05) is 13.1 Å². The second-order valence-corrected chi connectivity index (χ2v) is 9.01. The monoisotopic (exact) mass is 551 g/mol. The summed E-state index contributed by atoms with van der Waals surface area (Å²) in [5, 5.41) is 6.52. The summed E-state index contributed by atoms with van der Waals surface area (Å²) in [5.41, 5.74) is -0.485. The van der Waals surface area contributed by atoms with E-state index in [0.29, 0.717) is 31.5 Å². The van der Waals surface area contributed by atoms with Crippen LogP contribution in [0, 0.1) is 13.8 Å². The van der Waals surface area contributed by atoms with E-state index in [1.54, 1.807) is 4.90 Å². The van der Waals surface area contributed by atoms with Crippen molar-refractivity contribution in [1.29, 1.82) is 0 Å². The summed E-state index contributed by atoms with van der Waals surface area (Å²) in [6.45, 7) is 18.5. The topological polar surface area (TPSA) is 101 Å². The first kappa shape index (κ1) is 27.5. The third-order valence-corrected chi connectivity index (χ3v) is 4.79. The minimum Gasteiger partial charge on any atom is -0.444 e. The second-order valence-electron chi connectivity index (χ2n) is 9.01. The maximum atomic E-state index is 12.9. The molecule has 1 aromatic heterocycles. The van der Waals surface area contributed by atoms with E-state index in [9.17, 15) is 4.79 Å². The minimum atomic E-state index is -0.767. The first-order chi connectivity index (χ1) is 13.8. The second kappa shape index (κ2) is 10.8. The van der Waals surface area contributed by atoms with E-state index >= 15 is 0 Å². The van der Waals surface area contributed by atoms with E-state index in [0.717, 1.165) is 11.5 Å². The summed E-state index contributed by atoms with van der Waals surface area (Å²) < 4.78 is 17.3. The fourth-order valence-electron chi connectivity index (χ4n) is 3.42. The van der Waals surface area contributed by atoms with Gasteiger partial charge in [0.15, 0.2) is 5.96 Å². The molecule has 1 saturated heterocycles. The fourth-order valence-corrected chi connectivity index (χ4v) is 3.42. The molecule has 9 nitrogen and oxygen atoms in total. The highest BCUT2D eigenvalue weighted by molar-refractivity contribution is 14.0. The van der Waals surface area contributed by atoms with Gasteiger partial charge in [0.2, 0.25) is 5.89 Å². The average Bonchev–Trinajstić information content (AvgIpc) is 3.03. The molecule has 1 fully saturated rings. The van der Waals surface area contributed by atoms with Gasteiger partial charge in [-0.15, -0.1) is 24.0 Å². The van der Waals surface area contributed by atoms with Gasteiger partial charge in [-0.1, -0.05) is 0 Å². The number of ether oxygens (including phenoxy) is 2. The molecule has 2 heterocycles. The lowest BCUT2D eigenvalue weighted by molar-refractivity contribution is -0.0755. The molecule has 2 rings (SSSR count). The van der Waals surface area contributed by atoms with Crippen molar-refractivity contribution in [2.24, 2.45) is 4.99 Å². The zero-order valence-electron chi connectivity index (χ0n) is 20.2. The molecule has 0 spiro atoms. The van der Waals surface area contributed by atoms with E-state index in [2.05, 4.69) is 20.6 Å². The van der Waals surface area contributed by atoms with Crippen molar-refractivity contribution in [3.63, 3.8) is 0 Å². The molecule has 0 radical (unpaired) electrons. The number of hydrogen-bond acceptors (Lipinski definition) is 6. The van der Waals surface area contributed by atoms with Crippen molar-refractivity contribution in [2.75, 3.05) is 13.1 Å². The summed E-state index contributed by atoms with van der Waals surface area (Å²) in [5.74, 6) is 1.98. The molecule has 178 valence electrons. The molecular formula is C21H38IN5O4. The summed E-state index contributed by atoms with van der Waals surface area (Å²) in [6.07, 6.45) is -0.559. The number of carbonyl (C=O) groups excluding carboxylic acids is 1. The third-order valence-electron chi connectivity index (χ3n) is 4.79. The molecular weight excluding hydrogens is 513 g/mol. The van der Waals surface area contributed by atoms with E-state index < -0.39 is 17.4 Å². The Morgan fingerprint density at radius 2 is 1.94 bits per heavy atom. The average molecular weight is 551 g/mol. The predicted octanol–water partition coefficient (Wildman–Crippen LogP) is 3.73. The largest absolute Gasteiger partial charge is 0.444 e. The molecule has 1 amide bonds. The van der Waals surface area contributed by atoms with E-state index in [1.807, 2.05) is 62.3 Å². The van der Waals surface area contributed by atoms with Gasteiger partial charge in [-0.25, -0.2) is 14.8 Å². The standard InChI is InChI=1S/C21H37N5O4.HI/c1-10-22-18(24-12-17-25-13(2)14(3)28-17)23-11-16-15(4)29-21(8,9)26(16)19(27)30-20(5,6)7;/h15-16H,10-12H2,1-9H3,(H2,22,23,24);1H. The van der Waals surface area contributed by atoms with Crippen molar-refractivity contribution in [2.45, 2.75) is 92.3 Å². The lowest BCUT2D eigenvalue weighted by Gasteiger charge is -2.35. The third kappa shape index (κ3) is 7.51. The summed E-state index contributed by atoms with van der Waals surface area (Å²) in [4.78, 5) is 23.5. The molecule has 0 aliphatic carbocycles. The van der Waals surface area contributed by atoms with Gasteiger partial charge in [-0.3, -0.25) is 4.90 Å². The Kier molecular flexibility index (Phi) is 9.61. The first-order valence-electron chi connectivity index (χ1n) is 10.5. The van der Waals surface area contributed by atoms with Gasteiger partial charge in [0.1, 0.15) is 23.6 Å². The number of hydrogen-bond donors (Lipinski definition) is 2. The van der Waals surface area contributed by atoms with Gasteiger partial charge >= 0.3 is 6.09 Å². The van der Waals surface area contributed by atoms with Crippen LogP contribution in [-0.2, 0) is 16.0 Å². The zero-order valence-corrected chi connectivity index (χ0v) is 22.5. The number of halogens is 1. The number of amides is 1. The van der Waals surface area contributed by atoms with Crippen LogP contribution in [-0.4, -0.2) is 58.5 Å². The quantitative estimate of drug-likeness (QED) is 0.327.